The van der Waals surface area contributed by atoms with E-state index in [0.29, 0.717) is 0 Å². The van der Waals surface area contributed by atoms with E-state index in [9.17, 15) is 0 Å². The first-order valence-corrected chi connectivity index (χ1v) is 3.27. The lowest BCUT2D eigenvalue weighted by molar-refractivity contribution is 0.00734. The van der Waals surface area contributed by atoms with Crippen LogP contribution in [0.25, 0.3) is 0 Å². The van der Waals surface area contributed by atoms with Crippen molar-refractivity contribution in [2.75, 3.05) is 14.2 Å². The summed E-state index contributed by atoms with van der Waals surface area (Å²) >= 11 is 0. The third kappa shape index (κ3) is 2.02. The van der Waals surface area contributed by atoms with Crippen molar-refractivity contribution in [1.29, 1.82) is 0 Å². The number of rotatable bonds is 3. The third-order valence-corrected chi connectivity index (χ3v) is 1.68. The average Bonchev–Trinajstić information content (AvgIpc) is 1.90. The number of nitrogens with one attached hydrogen (secondary N) is 1. The molecule has 0 rings (SSSR count). The van der Waals surface area contributed by atoms with Crippen LogP contribution in [-0.4, -0.2) is 25.8 Å². The zero-order valence-corrected chi connectivity index (χ0v) is 7.06. The van der Waals surface area contributed by atoms with Crippen molar-refractivity contribution >= 4 is 0 Å². The SMILES string of the molecule is C#CC(NC)C(C)(C)OC. The molecule has 58 valence electrons. The molecule has 0 aliphatic heterocycles. The lowest BCUT2D eigenvalue weighted by Gasteiger charge is -2.28. The highest BCUT2D eigenvalue weighted by atomic mass is 16.5. The molecule has 1 atom stereocenters. The Hall–Kier alpha value is -0.520. The van der Waals surface area contributed by atoms with Crippen LogP contribution in [0.1, 0.15) is 13.8 Å². The molecular formula is C8H15NO. The number of terminal acetylenes is 1. The second kappa shape index (κ2) is 3.60. The van der Waals surface area contributed by atoms with E-state index in [1.54, 1.807) is 7.11 Å². The minimum atomic E-state index is -0.288. The Labute approximate surface area is 63.0 Å². The molecule has 10 heavy (non-hydrogen) atoms. The van der Waals surface area contributed by atoms with Gasteiger partial charge < -0.3 is 10.1 Å². The Morgan fingerprint density at radius 1 is 1.60 bits per heavy atom. The third-order valence-electron chi connectivity index (χ3n) is 1.68. The zero-order valence-electron chi connectivity index (χ0n) is 7.06. The molecule has 0 fully saturated rings. The van der Waals surface area contributed by atoms with Crippen LogP contribution < -0.4 is 5.32 Å². The van der Waals surface area contributed by atoms with Gasteiger partial charge >= 0.3 is 0 Å². The van der Waals surface area contributed by atoms with Crippen LogP contribution in [0, 0.1) is 12.3 Å². The number of ether oxygens (including phenoxy) is 1. The van der Waals surface area contributed by atoms with Crippen LogP contribution in [0.4, 0.5) is 0 Å². The van der Waals surface area contributed by atoms with E-state index in [1.165, 1.54) is 0 Å². The van der Waals surface area contributed by atoms with Crippen molar-refractivity contribution < 1.29 is 4.74 Å². The largest absolute Gasteiger partial charge is 0.376 e. The highest BCUT2D eigenvalue weighted by molar-refractivity contribution is 5.06. The molecule has 0 spiro atoms. The summed E-state index contributed by atoms with van der Waals surface area (Å²) in [6, 6.07) is -0.0301. The van der Waals surface area contributed by atoms with Gasteiger partial charge in [0.25, 0.3) is 0 Å². The fourth-order valence-corrected chi connectivity index (χ4v) is 0.749. The molecule has 0 aliphatic carbocycles. The van der Waals surface area contributed by atoms with Gasteiger partial charge in [-0.15, -0.1) is 6.42 Å². The van der Waals surface area contributed by atoms with E-state index >= 15 is 0 Å². The molecule has 0 saturated heterocycles. The second-order valence-electron chi connectivity index (χ2n) is 2.70. The van der Waals surface area contributed by atoms with Crippen molar-refractivity contribution in [2.24, 2.45) is 0 Å². The Morgan fingerprint density at radius 2 is 2.10 bits per heavy atom. The summed E-state index contributed by atoms with van der Waals surface area (Å²) in [6.45, 7) is 3.90. The molecule has 2 nitrogen and oxygen atoms in total. The molecule has 1 N–H and O–H groups in total. The van der Waals surface area contributed by atoms with Crippen LogP contribution in [0.15, 0.2) is 0 Å². The molecule has 2 heteroatoms. The van der Waals surface area contributed by atoms with E-state index in [4.69, 9.17) is 11.2 Å². The quantitative estimate of drug-likeness (QED) is 0.582. The van der Waals surface area contributed by atoms with E-state index in [-0.39, 0.29) is 11.6 Å². The standard InChI is InChI=1S/C8H15NO/c1-6-7(9-4)8(2,3)10-5/h1,7,9H,2-5H3. The van der Waals surface area contributed by atoms with Gasteiger partial charge in [-0.1, -0.05) is 5.92 Å². The lowest BCUT2D eigenvalue weighted by Crippen LogP contribution is -2.45. The van der Waals surface area contributed by atoms with Gasteiger partial charge in [0.15, 0.2) is 0 Å². The lowest BCUT2D eigenvalue weighted by atomic mass is 10.00. The Balaban J connectivity index is 4.15. The highest BCUT2D eigenvalue weighted by Gasteiger charge is 2.25. The van der Waals surface area contributed by atoms with Gasteiger partial charge in [0.1, 0.15) is 0 Å². The molecule has 0 amide bonds. The molecular weight excluding hydrogens is 126 g/mol. The molecule has 0 saturated carbocycles. The van der Waals surface area contributed by atoms with Crippen LogP contribution >= 0.6 is 0 Å². The number of hydrogen-bond donors (Lipinski definition) is 1. The summed E-state index contributed by atoms with van der Waals surface area (Å²) in [4.78, 5) is 0. The van der Waals surface area contributed by atoms with Gasteiger partial charge in [0.2, 0.25) is 0 Å². The fourth-order valence-electron chi connectivity index (χ4n) is 0.749. The highest BCUT2D eigenvalue weighted by Crippen LogP contribution is 2.11. The molecule has 0 heterocycles. The van der Waals surface area contributed by atoms with Crippen LogP contribution in [0.5, 0.6) is 0 Å². The predicted octanol–water partition coefficient (Wildman–Crippen LogP) is 0.633. The minimum absolute atomic E-state index is 0.0301. The summed E-state index contributed by atoms with van der Waals surface area (Å²) in [7, 11) is 3.48. The minimum Gasteiger partial charge on any atom is -0.376 e. The maximum Gasteiger partial charge on any atom is 0.0973 e. The predicted molar refractivity (Wildman–Crippen MR) is 42.8 cm³/mol. The van der Waals surface area contributed by atoms with Gasteiger partial charge in [-0.3, -0.25) is 0 Å². The van der Waals surface area contributed by atoms with E-state index in [2.05, 4.69) is 11.2 Å². The van der Waals surface area contributed by atoms with Crippen LogP contribution in [-0.2, 0) is 4.74 Å². The van der Waals surface area contributed by atoms with Gasteiger partial charge in [-0.05, 0) is 20.9 Å². The molecule has 0 aliphatic rings. The monoisotopic (exact) mass is 141 g/mol. The zero-order chi connectivity index (χ0) is 8.20. The number of likely N-dealkylation sites (N-methyl/N-ethyl adjacent to an activating group) is 1. The fraction of sp³-hybridized carbons (Fsp3) is 0.750. The van der Waals surface area contributed by atoms with Crippen molar-refractivity contribution in [3.63, 3.8) is 0 Å². The Morgan fingerprint density at radius 3 is 2.20 bits per heavy atom. The Kier molecular flexibility index (Phi) is 3.41. The molecule has 0 aromatic heterocycles. The first-order valence-electron chi connectivity index (χ1n) is 3.27. The van der Waals surface area contributed by atoms with Crippen molar-refractivity contribution in [3.05, 3.63) is 0 Å². The van der Waals surface area contributed by atoms with Gasteiger partial charge in [0, 0.05) is 7.11 Å². The van der Waals surface area contributed by atoms with Gasteiger partial charge in [0.05, 0.1) is 11.6 Å². The topological polar surface area (TPSA) is 21.3 Å². The first kappa shape index (κ1) is 9.48. The average molecular weight is 141 g/mol. The maximum atomic E-state index is 5.25. The summed E-state index contributed by atoms with van der Waals surface area (Å²) in [5.41, 5.74) is -0.288. The van der Waals surface area contributed by atoms with Crippen LogP contribution in [0.3, 0.4) is 0 Å². The molecule has 0 radical (unpaired) electrons. The summed E-state index contributed by atoms with van der Waals surface area (Å²) in [5.74, 6) is 2.61. The molecule has 1 unspecified atom stereocenters. The van der Waals surface area contributed by atoms with E-state index < -0.39 is 0 Å². The maximum absolute atomic E-state index is 5.25. The van der Waals surface area contributed by atoms with E-state index in [0.717, 1.165) is 0 Å². The van der Waals surface area contributed by atoms with Gasteiger partial charge in [-0.25, -0.2) is 0 Å². The number of hydrogen-bond acceptors (Lipinski definition) is 2. The number of methoxy groups -OCH3 is 1. The van der Waals surface area contributed by atoms with Gasteiger partial charge in [-0.2, -0.15) is 0 Å². The van der Waals surface area contributed by atoms with Crippen molar-refractivity contribution in [2.45, 2.75) is 25.5 Å². The van der Waals surface area contributed by atoms with Crippen molar-refractivity contribution in [1.82, 2.24) is 5.32 Å². The van der Waals surface area contributed by atoms with Crippen LogP contribution in [0.2, 0.25) is 0 Å². The second-order valence-corrected chi connectivity index (χ2v) is 2.70. The van der Waals surface area contributed by atoms with Crippen molar-refractivity contribution in [3.8, 4) is 12.3 Å². The summed E-state index contributed by atoms with van der Waals surface area (Å²) < 4.78 is 5.18. The Bertz CT molecular complexity index is 135. The summed E-state index contributed by atoms with van der Waals surface area (Å²) in [6.07, 6.45) is 5.25. The summed E-state index contributed by atoms with van der Waals surface area (Å²) in [5, 5.41) is 2.98. The first-order chi connectivity index (χ1) is 4.58. The smallest absolute Gasteiger partial charge is 0.0973 e. The van der Waals surface area contributed by atoms with E-state index in [1.807, 2.05) is 20.9 Å². The molecule has 0 bridgehead atoms. The molecule has 0 aromatic rings. The molecule has 0 aromatic carbocycles. The normalized spacial score (nSPS) is 14.3.